The van der Waals surface area contributed by atoms with Crippen molar-refractivity contribution in [1.29, 1.82) is 0 Å². The average molecular weight is 366 g/mol. The van der Waals surface area contributed by atoms with E-state index >= 15 is 0 Å². The lowest BCUT2D eigenvalue weighted by atomic mass is 10.2. The second kappa shape index (κ2) is 8.03. The molecule has 0 spiro atoms. The Bertz CT molecular complexity index is 850. The lowest BCUT2D eigenvalue weighted by Crippen LogP contribution is -2.30. The second-order valence-corrected chi connectivity index (χ2v) is 6.79. The molecule has 2 N–H and O–H groups in total. The van der Waals surface area contributed by atoms with E-state index in [1.54, 1.807) is 48.5 Å². The number of carbonyl (C=O) groups excluding carboxylic acids is 3. The molecule has 27 heavy (non-hydrogen) atoms. The molecule has 140 valence electrons. The first-order valence-corrected chi connectivity index (χ1v) is 8.92. The zero-order valence-electron chi connectivity index (χ0n) is 15.3. The van der Waals surface area contributed by atoms with Crippen molar-refractivity contribution in [2.24, 2.45) is 11.8 Å². The average Bonchev–Trinajstić information content (AvgIpc) is 3.39. The van der Waals surface area contributed by atoms with E-state index < -0.39 is 18.0 Å². The predicted octanol–water partition coefficient (Wildman–Crippen LogP) is 3.47. The van der Waals surface area contributed by atoms with E-state index in [9.17, 15) is 14.4 Å². The van der Waals surface area contributed by atoms with Crippen LogP contribution < -0.4 is 10.6 Å². The molecule has 3 rings (SSSR count). The third-order valence-electron chi connectivity index (χ3n) is 4.51. The largest absolute Gasteiger partial charge is 0.449 e. The third-order valence-corrected chi connectivity index (χ3v) is 4.51. The first-order valence-electron chi connectivity index (χ1n) is 8.92. The Morgan fingerprint density at radius 2 is 1.67 bits per heavy atom. The predicted molar refractivity (Wildman–Crippen MR) is 102 cm³/mol. The molecule has 0 bridgehead atoms. The van der Waals surface area contributed by atoms with Crippen LogP contribution in [0.3, 0.4) is 0 Å². The van der Waals surface area contributed by atoms with Crippen molar-refractivity contribution >= 4 is 29.2 Å². The van der Waals surface area contributed by atoms with Gasteiger partial charge in [0.1, 0.15) is 0 Å². The molecule has 2 aromatic rings. The van der Waals surface area contributed by atoms with Gasteiger partial charge in [0.05, 0.1) is 5.56 Å². The Hall–Kier alpha value is -3.15. The summed E-state index contributed by atoms with van der Waals surface area (Å²) in [6.45, 7) is 3.54. The number of ether oxygens (including phenoxy) is 1. The fourth-order valence-corrected chi connectivity index (χ4v) is 2.69. The summed E-state index contributed by atoms with van der Waals surface area (Å²) >= 11 is 0. The fourth-order valence-electron chi connectivity index (χ4n) is 2.69. The van der Waals surface area contributed by atoms with E-state index in [4.69, 9.17) is 4.74 Å². The monoisotopic (exact) mass is 366 g/mol. The summed E-state index contributed by atoms with van der Waals surface area (Å²) in [6, 6.07) is 15.5. The lowest BCUT2D eigenvalue weighted by molar-refractivity contribution is -0.123. The van der Waals surface area contributed by atoms with E-state index in [-0.39, 0.29) is 17.4 Å². The SMILES string of the molecule is CC(OC(=O)c1cccc(NC(=O)C2CC2C)c1)C(=O)Nc1ccccc1. The van der Waals surface area contributed by atoms with Gasteiger partial charge in [0.25, 0.3) is 5.91 Å². The summed E-state index contributed by atoms with van der Waals surface area (Å²) in [6.07, 6.45) is -0.0648. The maximum Gasteiger partial charge on any atom is 0.338 e. The standard InChI is InChI=1S/C21H22N2O4/c1-13-11-18(13)20(25)23-17-10-6-7-15(12-17)21(26)27-14(2)19(24)22-16-8-4-3-5-9-16/h3-10,12-14,18H,11H2,1-2H3,(H,22,24)(H,23,25). The third kappa shape index (κ3) is 4.94. The highest BCUT2D eigenvalue weighted by Gasteiger charge is 2.39. The summed E-state index contributed by atoms with van der Waals surface area (Å²) in [4.78, 5) is 36.5. The van der Waals surface area contributed by atoms with Gasteiger partial charge in [-0.05, 0) is 49.6 Å². The van der Waals surface area contributed by atoms with Gasteiger partial charge in [-0.1, -0.05) is 31.2 Å². The van der Waals surface area contributed by atoms with Crippen molar-refractivity contribution in [1.82, 2.24) is 0 Å². The Balaban J connectivity index is 1.57. The molecule has 1 saturated carbocycles. The Morgan fingerprint density at radius 1 is 1.00 bits per heavy atom. The van der Waals surface area contributed by atoms with Gasteiger partial charge in [-0.2, -0.15) is 0 Å². The Labute approximate surface area is 157 Å². The quantitative estimate of drug-likeness (QED) is 0.767. The van der Waals surface area contributed by atoms with Crippen LogP contribution in [-0.2, 0) is 14.3 Å². The highest BCUT2D eigenvalue weighted by atomic mass is 16.5. The van der Waals surface area contributed by atoms with E-state index in [1.165, 1.54) is 6.92 Å². The molecule has 1 fully saturated rings. The number of anilines is 2. The molecule has 1 aliphatic rings. The maximum atomic E-state index is 12.3. The van der Waals surface area contributed by atoms with Crippen molar-refractivity contribution in [2.45, 2.75) is 26.4 Å². The zero-order valence-corrected chi connectivity index (χ0v) is 15.3. The summed E-state index contributed by atoms with van der Waals surface area (Å²) in [5.41, 5.74) is 1.44. The molecular weight excluding hydrogens is 344 g/mol. The van der Waals surface area contributed by atoms with Crippen LogP contribution in [0, 0.1) is 11.8 Å². The van der Waals surface area contributed by atoms with Gasteiger partial charge >= 0.3 is 5.97 Å². The summed E-state index contributed by atoms with van der Waals surface area (Å²) in [5, 5.41) is 5.50. The van der Waals surface area contributed by atoms with Crippen molar-refractivity contribution in [3.63, 3.8) is 0 Å². The summed E-state index contributed by atoms with van der Waals surface area (Å²) in [5.74, 6) is -0.628. The number of carbonyl (C=O) groups is 3. The zero-order chi connectivity index (χ0) is 19.4. The van der Waals surface area contributed by atoms with Gasteiger partial charge in [0.15, 0.2) is 6.10 Å². The molecule has 0 radical (unpaired) electrons. The molecule has 3 unspecified atom stereocenters. The maximum absolute atomic E-state index is 12.3. The molecule has 1 aliphatic carbocycles. The van der Waals surface area contributed by atoms with Gasteiger partial charge < -0.3 is 15.4 Å². The molecule has 2 amide bonds. The molecule has 6 heteroatoms. The second-order valence-electron chi connectivity index (χ2n) is 6.79. The number of hydrogen-bond donors (Lipinski definition) is 2. The van der Waals surface area contributed by atoms with E-state index in [0.717, 1.165) is 6.42 Å². The first kappa shape index (κ1) is 18.6. The number of benzene rings is 2. The molecule has 3 atom stereocenters. The van der Waals surface area contributed by atoms with Gasteiger partial charge in [0, 0.05) is 17.3 Å². The first-order chi connectivity index (χ1) is 12.9. The van der Waals surface area contributed by atoms with Crippen molar-refractivity contribution < 1.29 is 19.1 Å². The van der Waals surface area contributed by atoms with Crippen LogP contribution in [0.15, 0.2) is 54.6 Å². The summed E-state index contributed by atoms with van der Waals surface area (Å²) in [7, 11) is 0. The van der Waals surface area contributed by atoms with Gasteiger partial charge in [-0.15, -0.1) is 0 Å². The van der Waals surface area contributed by atoms with Crippen LogP contribution in [0.5, 0.6) is 0 Å². The van der Waals surface area contributed by atoms with E-state index in [2.05, 4.69) is 10.6 Å². The lowest BCUT2D eigenvalue weighted by Gasteiger charge is -2.14. The van der Waals surface area contributed by atoms with Gasteiger partial charge in [-0.3, -0.25) is 9.59 Å². The minimum Gasteiger partial charge on any atom is -0.449 e. The molecule has 2 aromatic carbocycles. The van der Waals surface area contributed by atoms with Crippen molar-refractivity contribution in [3.8, 4) is 0 Å². The molecule has 0 aromatic heterocycles. The molecule has 6 nitrogen and oxygen atoms in total. The normalized spacial score (nSPS) is 18.9. The topological polar surface area (TPSA) is 84.5 Å². The fraction of sp³-hybridized carbons (Fsp3) is 0.286. The van der Waals surface area contributed by atoms with Crippen LogP contribution in [0.2, 0.25) is 0 Å². The van der Waals surface area contributed by atoms with E-state index in [0.29, 0.717) is 17.3 Å². The number of nitrogens with one attached hydrogen (secondary N) is 2. The number of hydrogen-bond acceptors (Lipinski definition) is 4. The van der Waals surface area contributed by atoms with Crippen LogP contribution in [0.25, 0.3) is 0 Å². The summed E-state index contributed by atoms with van der Waals surface area (Å²) < 4.78 is 5.24. The van der Waals surface area contributed by atoms with Crippen LogP contribution in [0.1, 0.15) is 30.6 Å². The number of amides is 2. The highest BCUT2D eigenvalue weighted by molar-refractivity contribution is 5.99. The van der Waals surface area contributed by atoms with Gasteiger partial charge in [0.2, 0.25) is 5.91 Å². The number of para-hydroxylation sites is 1. The molecule has 0 saturated heterocycles. The number of rotatable bonds is 6. The van der Waals surface area contributed by atoms with Crippen LogP contribution >= 0.6 is 0 Å². The highest BCUT2D eigenvalue weighted by Crippen LogP contribution is 2.38. The van der Waals surface area contributed by atoms with E-state index in [1.807, 2.05) is 13.0 Å². The van der Waals surface area contributed by atoms with Crippen molar-refractivity contribution in [2.75, 3.05) is 10.6 Å². The Kier molecular flexibility index (Phi) is 5.54. The number of esters is 1. The minimum absolute atomic E-state index is 0.0383. The van der Waals surface area contributed by atoms with Crippen LogP contribution in [0.4, 0.5) is 11.4 Å². The molecule has 0 heterocycles. The van der Waals surface area contributed by atoms with Crippen LogP contribution in [-0.4, -0.2) is 23.9 Å². The van der Waals surface area contributed by atoms with Gasteiger partial charge in [-0.25, -0.2) is 4.79 Å². The molecular formula is C21H22N2O4. The minimum atomic E-state index is -0.955. The Morgan fingerprint density at radius 3 is 2.33 bits per heavy atom. The molecule has 0 aliphatic heterocycles. The smallest absolute Gasteiger partial charge is 0.338 e. The van der Waals surface area contributed by atoms with Crippen molar-refractivity contribution in [3.05, 3.63) is 60.2 Å².